The van der Waals surface area contributed by atoms with Crippen LogP contribution in [0.5, 0.6) is 0 Å². The van der Waals surface area contributed by atoms with Crippen molar-refractivity contribution >= 4 is 0 Å². The van der Waals surface area contributed by atoms with Gasteiger partial charge in [0.1, 0.15) is 5.82 Å². The van der Waals surface area contributed by atoms with Crippen molar-refractivity contribution in [2.24, 2.45) is 0 Å². The van der Waals surface area contributed by atoms with Crippen molar-refractivity contribution < 1.29 is 9.13 Å². The maximum absolute atomic E-state index is 13.9. The van der Waals surface area contributed by atoms with E-state index in [4.69, 9.17) is 4.74 Å². The molecule has 1 aromatic carbocycles. The fourth-order valence-electron chi connectivity index (χ4n) is 2.43. The van der Waals surface area contributed by atoms with Crippen molar-refractivity contribution in [2.45, 2.75) is 52.1 Å². The Morgan fingerprint density at radius 2 is 2.24 bits per heavy atom. The minimum atomic E-state index is -0.00509. The zero-order valence-corrected chi connectivity index (χ0v) is 10.8. The molecule has 0 N–H and O–H groups in total. The number of rotatable bonds is 4. The Morgan fingerprint density at radius 3 is 3.00 bits per heavy atom. The van der Waals surface area contributed by atoms with E-state index in [0.29, 0.717) is 0 Å². The second kappa shape index (κ2) is 5.63. The molecule has 1 aromatic rings. The van der Waals surface area contributed by atoms with E-state index in [1.165, 1.54) is 0 Å². The Balaban J connectivity index is 2.02. The van der Waals surface area contributed by atoms with Gasteiger partial charge in [-0.1, -0.05) is 25.5 Å². The minimum absolute atomic E-state index is 0.00509. The summed E-state index contributed by atoms with van der Waals surface area (Å²) in [7, 11) is 0. The Morgan fingerprint density at radius 1 is 1.41 bits per heavy atom. The summed E-state index contributed by atoms with van der Waals surface area (Å²) in [6, 6.07) is 3.94. The molecule has 1 aliphatic carbocycles. The van der Waals surface area contributed by atoms with Gasteiger partial charge in [-0.2, -0.15) is 0 Å². The second-order valence-electron chi connectivity index (χ2n) is 4.92. The lowest BCUT2D eigenvalue weighted by Gasteiger charge is -2.25. The lowest BCUT2D eigenvalue weighted by Crippen LogP contribution is -2.24. The molecule has 2 rings (SSSR count). The van der Waals surface area contributed by atoms with Crippen molar-refractivity contribution in [1.82, 2.24) is 0 Å². The number of unbranched alkanes of at least 4 members (excludes halogenated alkanes) is 1. The summed E-state index contributed by atoms with van der Waals surface area (Å²) in [5.74, 6) is -0.00509. The number of benzene rings is 1. The van der Waals surface area contributed by atoms with Crippen LogP contribution >= 0.6 is 0 Å². The highest BCUT2D eigenvalue weighted by Crippen LogP contribution is 2.27. The SMILES string of the molecule is CCCCOC1CCc2c(ccc(C)c2F)C1. The van der Waals surface area contributed by atoms with Crippen molar-refractivity contribution in [1.29, 1.82) is 0 Å². The standard InChI is InChI=1S/C15H21FO/c1-3-4-9-17-13-7-8-14-12(10-13)6-5-11(2)15(14)16/h5-6,13H,3-4,7-10H2,1-2H3. The maximum Gasteiger partial charge on any atom is 0.129 e. The van der Waals surface area contributed by atoms with Crippen LogP contribution in [0.2, 0.25) is 0 Å². The lowest BCUT2D eigenvalue weighted by molar-refractivity contribution is 0.0421. The van der Waals surface area contributed by atoms with E-state index in [1.54, 1.807) is 0 Å². The number of halogens is 1. The molecule has 0 amide bonds. The Bertz CT molecular complexity index is 387. The first kappa shape index (κ1) is 12.6. The maximum atomic E-state index is 13.9. The molecule has 0 aliphatic heterocycles. The van der Waals surface area contributed by atoms with Gasteiger partial charge in [0, 0.05) is 6.61 Å². The van der Waals surface area contributed by atoms with Crippen LogP contribution in [0.25, 0.3) is 0 Å². The molecular weight excluding hydrogens is 215 g/mol. The van der Waals surface area contributed by atoms with Crippen molar-refractivity contribution in [3.63, 3.8) is 0 Å². The fourth-order valence-corrected chi connectivity index (χ4v) is 2.43. The third-order valence-corrected chi connectivity index (χ3v) is 3.55. The van der Waals surface area contributed by atoms with Crippen LogP contribution < -0.4 is 0 Å². The van der Waals surface area contributed by atoms with E-state index in [2.05, 4.69) is 13.0 Å². The van der Waals surface area contributed by atoms with Gasteiger partial charge in [-0.3, -0.25) is 0 Å². The van der Waals surface area contributed by atoms with E-state index in [0.717, 1.165) is 55.4 Å². The molecule has 0 spiro atoms. The van der Waals surface area contributed by atoms with Gasteiger partial charge in [0.15, 0.2) is 0 Å². The average molecular weight is 236 g/mol. The van der Waals surface area contributed by atoms with Crippen LogP contribution in [0.4, 0.5) is 4.39 Å². The molecule has 1 atom stereocenters. The molecule has 0 heterocycles. The summed E-state index contributed by atoms with van der Waals surface area (Å²) in [6.07, 6.45) is 5.21. The Hall–Kier alpha value is -0.890. The summed E-state index contributed by atoms with van der Waals surface area (Å²) in [5, 5.41) is 0. The first-order valence-electron chi connectivity index (χ1n) is 6.60. The molecule has 94 valence electrons. The van der Waals surface area contributed by atoms with Gasteiger partial charge in [0.05, 0.1) is 6.10 Å². The molecule has 2 heteroatoms. The number of aryl methyl sites for hydroxylation is 1. The lowest BCUT2D eigenvalue weighted by atomic mass is 9.88. The molecule has 1 aliphatic rings. The van der Waals surface area contributed by atoms with Crippen LogP contribution in [-0.2, 0) is 17.6 Å². The number of hydrogen-bond donors (Lipinski definition) is 0. The predicted octanol–water partition coefficient (Wildman–Crippen LogP) is 3.81. The van der Waals surface area contributed by atoms with Gasteiger partial charge in [-0.05, 0) is 49.3 Å². The van der Waals surface area contributed by atoms with Gasteiger partial charge in [-0.25, -0.2) is 4.39 Å². The van der Waals surface area contributed by atoms with Crippen molar-refractivity contribution in [3.8, 4) is 0 Å². The highest BCUT2D eigenvalue weighted by Gasteiger charge is 2.22. The molecule has 17 heavy (non-hydrogen) atoms. The summed E-state index contributed by atoms with van der Waals surface area (Å²) in [4.78, 5) is 0. The van der Waals surface area contributed by atoms with E-state index in [1.807, 2.05) is 13.0 Å². The van der Waals surface area contributed by atoms with Crippen molar-refractivity contribution in [2.75, 3.05) is 6.61 Å². The summed E-state index contributed by atoms with van der Waals surface area (Å²) >= 11 is 0. The monoisotopic (exact) mass is 236 g/mol. The quantitative estimate of drug-likeness (QED) is 0.722. The molecule has 1 nitrogen and oxygen atoms in total. The van der Waals surface area contributed by atoms with Gasteiger partial charge in [0.2, 0.25) is 0 Å². The van der Waals surface area contributed by atoms with Crippen LogP contribution in [-0.4, -0.2) is 12.7 Å². The largest absolute Gasteiger partial charge is 0.378 e. The first-order chi connectivity index (χ1) is 8.22. The summed E-state index contributed by atoms with van der Waals surface area (Å²) in [5.41, 5.74) is 2.82. The zero-order valence-electron chi connectivity index (χ0n) is 10.8. The molecule has 1 unspecified atom stereocenters. The third-order valence-electron chi connectivity index (χ3n) is 3.55. The number of ether oxygens (including phenoxy) is 1. The molecule has 0 saturated carbocycles. The molecular formula is C15H21FO. The molecule has 0 radical (unpaired) electrons. The van der Waals surface area contributed by atoms with Gasteiger partial charge in [0.25, 0.3) is 0 Å². The highest BCUT2D eigenvalue weighted by molar-refractivity contribution is 5.35. The Kier molecular flexibility index (Phi) is 4.16. The zero-order chi connectivity index (χ0) is 12.3. The van der Waals surface area contributed by atoms with Crippen LogP contribution in [0, 0.1) is 12.7 Å². The predicted molar refractivity (Wildman–Crippen MR) is 67.8 cm³/mol. The summed E-state index contributed by atoms with van der Waals surface area (Å²) < 4.78 is 19.7. The first-order valence-corrected chi connectivity index (χ1v) is 6.60. The number of fused-ring (bicyclic) bond motifs is 1. The van der Waals surface area contributed by atoms with E-state index in [9.17, 15) is 4.39 Å². The molecule has 0 saturated heterocycles. The second-order valence-corrected chi connectivity index (χ2v) is 4.92. The normalized spacial score (nSPS) is 19.1. The third kappa shape index (κ3) is 2.86. The van der Waals surface area contributed by atoms with Gasteiger partial charge < -0.3 is 4.74 Å². The van der Waals surface area contributed by atoms with E-state index >= 15 is 0 Å². The van der Waals surface area contributed by atoms with Gasteiger partial charge in [-0.15, -0.1) is 0 Å². The van der Waals surface area contributed by atoms with E-state index in [-0.39, 0.29) is 11.9 Å². The van der Waals surface area contributed by atoms with Crippen LogP contribution in [0.3, 0.4) is 0 Å². The Labute approximate surface area is 103 Å². The number of hydrogen-bond acceptors (Lipinski definition) is 1. The molecule has 0 fully saturated rings. The van der Waals surface area contributed by atoms with Gasteiger partial charge >= 0.3 is 0 Å². The topological polar surface area (TPSA) is 9.23 Å². The average Bonchev–Trinajstić information content (AvgIpc) is 2.34. The minimum Gasteiger partial charge on any atom is -0.378 e. The smallest absolute Gasteiger partial charge is 0.129 e. The molecule has 0 bridgehead atoms. The van der Waals surface area contributed by atoms with Crippen LogP contribution in [0.15, 0.2) is 12.1 Å². The fraction of sp³-hybridized carbons (Fsp3) is 0.600. The molecule has 0 aromatic heterocycles. The van der Waals surface area contributed by atoms with Crippen molar-refractivity contribution in [3.05, 3.63) is 34.6 Å². The van der Waals surface area contributed by atoms with Crippen LogP contribution in [0.1, 0.15) is 42.9 Å². The van der Waals surface area contributed by atoms with E-state index < -0.39 is 0 Å². The summed E-state index contributed by atoms with van der Waals surface area (Å²) in [6.45, 7) is 4.84. The highest BCUT2D eigenvalue weighted by atomic mass is 19.1.